The molecule has 0 atom stereocenters. The number of hydrogen-bond acceptors (Lipinski definition) is 3. The highest BCUT2D eigenvalue weighted by Crippen LogP contribution is 2.22. The molecule has 2 aromatic carbocycles. The van der Waals surface area contributed by atoms with Gasteiger partial charge in [-0.15, -0.1) is 0 Å². The van der Waals surface area contributed by atoms with Gasteiger partial charge in [-0.1, -0.05) is 49.1 Å². The summed E-state index contributed by atoms with van der Waals surface area (Å²) in [6.07, 6.45) is 5.03. The number of hydrogen-bond donors (Lipinski definition) is 1. The Balaban J connectivity index is 1.83. The van der Waals surface area contributed by atoms with Crippen molar-refractivity contribution in [1.29, 1.82) is 0 Å². The molecular formula is C21H24ClFN2O3S. The Morgan fingerprint density at radius 1 is 1.07 bits per heavy atom. The smallest absolute Gasteiger partial charge is 0.243 e. The van der Waals surface area contributed by atoms with Gasteiger partial charge in [0.25, 0.3) is 0 Å². The largest absolute Gasteiger partial charge is 0.352 e. The molecular weight excluding hydrogens is 415 g/mol. The summed E-state index contributed by atoms with van der Waals surface area (Å²) in [5, 5.41) is 3.32. The molecule has 156 valence electrons. The zero-order valence-electron chi connectivity index (χ0n) is 16.0. The highest BCUT2D eigenvalue weighted by molar-refractivity contribution is 7.89. The second-order valence-corrected chi connectivity index (χ2v) is 9.60. The van der Waals surface area contributed by atoms with Gasteiger partial charge in [0.15, 0.2) is 0 Å². The van der Waals surface area contributed by atoms with E-state index in [0.717, 1.165) is 36.4 Å². The normalized spacial score (nSPS) is 15.4. The van der Waals surface area contributed by atoms with Crippen molar-refractivity contribution in [3.63, 3.8) is 0 Å². The van der Waals surface area contributed by atoms with Crippen LogP contribution in [-0.4, -0.2) is 31.2 Å². The second-order valence-electron chi connectivity index (χ2n) is 7.22. The van der Waals surface area contributed by atoms with Crippen molar-refractivity contribution in [2.75, 3.05) is 6.54 Å². The molecule has 29 heavy (non-hydrogen) atoms. The summed E-state index contributed by atoms with van der Waals surface area (Å²) in [6, 6.07) is 11.7. The Hall–Kier alpha value is -1.96. The molecule has 0 spiro atoms. The van der Waals surface area contributed by atoms with E-state index >= 15 is 0 Å². The molecule has 0 bridgehead atoms. The van der Waals surface area contributed by atoms with E-state index in [9.17, 15) is 17.6 Å². The Morgan fingerprint density at radius 2 is 1.72 bits per heavy atom. The van der Waals surface area contributed by atoms with Gasteiger partial charge >= 0.3 is 0 Å². The molecule has 3 rings (SSSR count). The van der Waals surface area contributed by atoms with E-state index in [-0.39, 0.29) is 35.5 Å². The van der Waals surface area contributed by atoms with Gasteiger partial charge in [0.2, 0.25) is 15.9 Å². The molecule has 0 unspecified atom stereocenters. The topological polar surface area (TPSA) is 66.5 Å². The highest BCUT2D eigenvalue weighted by Gasteiger charge is 2.28. The van der Waals surface area contributed by atoms with Crippen molar-refractivity contribution in [1.82, 2.24) is 9.62 Å². The summed E-state index contributed by atoms with van der Waals surface area (Å²) < 4.78 is 41.5. The number of rotatable bonds is 7. The van der Waals surface area contributed by atoms with Crippen LogP contribution in [0, 0.1) is 5.82 Å². The fourth-order valence-corrected chi connectivity index (χ4v) is 4.98. The van der Waals surface area contributed by atoms with E-state index in [1.807, 2.05) is 0 Å². The Morgan fingerprint density at radius 3 is 2.38 bits per heavy atom. The standard InChI is InChI=1S/C21H24ClFN2O3S/c22-17-10-12-19(13-11-17)29(27,28)25(14-16-6-4-5-9-20(16)23)15-21(26)24-18-7-2-1-3-8-18/h4-6,9-13,18H,1-3,7-8,14-15H2,(H,24,26). The fourth-order valence-electron chi connectivity index (χ4n) is 3.48. The maximum Gasteiger partial charge on any atom is 0.243 e. The number of benzene rings is 2. The lowest BCUT2D eigenvalue weighted by molar-refractivity contribution is -0.122. The molecule has 8 heteroatoms. The van der Waals surface area contributed by atoms with Crippen LogP contribution in [0.15, 0.2) is 53.4 Å². The van der Waals surface area contributed by atoms with Gasteiger partial charge in [-0.2, -0.15) is 4.31 Å². The first-order chi connectivity index (χ1) is 13.9. The quantitative estimate of drug-likeness (QED) is 0.707. The summed E-state index contributed by atoms with van der Waals surface area (Å²) in [4.78, 5) is 12.6. The summed E-state index contributed by atoms with van der Waals surface area (Å²) in [7, 11) is -4.02. The van der Waals surface area contributed by atoms with Crippen LogP contribution in [-0.2, 0) is 21.4 Å². The van der Waals surface area contributed by atoms with Crippen molar-refractivity contribution >= 4 is 27.5 Å². The minimum atomic E-state index is -4.02. The minimum absolute atomic E-state index is 0.00343. The summed E-state index contributed by atoms with van der Waals surface area (Å²) in [6.45, 7) is -0.620. The van der Waals surface area contributed by atoms with Crippen LogP contribution < -0.4 is 5.32 Å². The molecule has 1 saturated carbocycles. The van der Waals surface area contributed by atoms with Crippen molar-refractivity contribution < 1.29 is 17.6 Å². The van der Waals surface area contributed by atoms with Crippen LogP contribution >= 0.6 is 11.6 Å². The molecule has 1 fully saturated rings. The number of carbonyl (C=O) groups is 1. The maximum atomic E-state index is 14.2. The van der Waals surface area contributed by atoms with Crippen LogP contribution in [0.1, 0.15) is 37.7 Å². The van der Waals surface area contributed by atoms with E-state index < -0.39 is 15.8 Å². The Kier molecular flexibility index (Phi) is 7.27. The molecule has 0 saturated heterocycles. The van der Waals surface area contributed by atoms with Crippen molar-refractivity contribution in [3.8, 4) is 0 Å². The average Bonchev–Trinajstić information content (AvgIpc) is 2.70. The van der Waals surface area contributed by atoms with Crippen molar-refractivity contribution in [3.05, 3.63) is 64.9 Å². The first-order valence-electron chi connectivity index (χ1n) is 9.65. The van der Waals surface area contributed by atoms with Gasteiger partial charge in [-0.05, 0) is 43.2 Å². The average molecular weight is 439 g/mol. The first kappa shape index (κ1) is 21.7. The van der Waals surface area contributed by atoms with Crippen LogP contribution in [0.3, 0.4) is 0 Å². The van der Waals surface area contributed by atoms with Crippen molar-refractivity contribution in [2.24, 2.45) is 0 Å². The van der Waals surface area contributed by atoms with Crippen molar-refractivity contribution in [2.45, 2.75) is 49.6 Å². The minimum Gasteiger partial charge on any atom is -0.352 e. The monoisotopic (exact) mass is 438 g/mol. The number of nitrogens with zero attached hydrogens (tertiary/aromatic N) is 1. The lowest BCUT2D eigenvalue weighted by Crippen LogP contribution is -2.44. The van der Waals surface area contributed by atoms with Gasteiger partial charge < -0.3 is 5.32 Å². The van der Waals surface area contributed by atoms with Gasteiger partial charge in [-0.3, -0.25) is 4.79 Å². The predicted octanol–water partition coefficient (Wildman–Crippen LogP) is 4.12. The molecule has 1 N–H and O–H groups in total. The van der Waals surface area contributed by atoms with E-state index in [4.69, 9.17) is 11.6 Å². The Bertz CT molecular complexity index is 945. The third-order valence-corrected chi connectivity index (χ3v) is 7.10. The summed E-state index contributed by atoms with van der Waals surface area (Å²) >= 11 is 5.86. The van der Waals surface area contributed by atoms with E-state index in [0.29, 0.717) is 5.02 Å². The molecule has 1 aliphatic carbocycles. The Labute approximate surface area is 175 Å². The van der Waals surface area contributed by atoms with E-state index in [1.54, 1.807) is 6.07 Å². The van der Waals surface area contributed by atoms with Crippen LogP contribution in [0.4, 0.5) is 4.39 Å². The lowest BCUT2D eigenvalue weighted by Gasteiger charge is -2.26. The van der Waals surface area contributed by atoms with Gasteiger partial charge in [-0.25, -0.2) is 12.8 Å². The number of nitrogens with one attached hydrogen (secondary N) is 1. The van der Waals surface area contributed by atoms with Crippen LogP contribution in [0.5, 0.6) is 0 Å². The molecule has 0 aromatic heterocycles. The summed E-state index contributed by atoms with van der Waals surface area (Å²) in [5.74, 6) is -0.901. The predicted molar refractivity (Wildman–Crippen MR) is 110 cm³/mol. The van der Waals surface area contributed by atoms with Gasteiger partial charge in [0.05, 0.1) is 11.4 Å². The SMILES string of the molecule is O=C(CN(Cc1ccccc1F)S(=O)(=O)c1ccc(Cl)cc1)NC1CCCCC1. The van der Waals surface area contributed by atoms with E-state index in [1.165, 1.54) is 42.5 Å². The molecule has 0 aliphatic heterocycles. The molecule has 0 radical (unpaired) electrons. The first-order valence-corrected chi connectivity index (χ1v) is 11.5. The maximum absolute atomic E-state index is 14.2. The number of halogens is 2. The number of carbonyl (C=O) groups excluding carboxylic acids is 1. The summed E-state index contributed by atoms with van der Waals surface area (Å²) in [5.41, 5.74) is 0.204. The molecule has 2 aromatic rings. The second kappa shape index (κ2) is 9.69. The number of amides is 1. The fraction of sp³-hybridized carbons (Fsp3) is 0.381. The van der Waals surface area contributed by atoms with Gasteiger partial charge in [0.1, 0.15) is 5.82 Å². The van der Waals surface area contributed by atoms with E-state index in [2.05, 4.69) is 5.32 Å². The highest BCUT2D eigenvalue weighted by atomic mass is 35.5. The van der Waals surface area contributed by atoms with Gasteiger partial charge in [0, 0.05) is 23.2 Å². The number of sulfonamides is 1. The molecule has 1 aliphatic rings. The molecule has 1 amide bonds. The molecule has 0 heterocycles. The zero-order chi connectivity index (χ0) is 20.9. The molecule has 5 nitrogen and oxygen atoms in total. The zero-order valence-corrected chi connectivity index (χ0v) is 17.6. The van der Waals surface area contributed by atoms with Crippen LogP contribution in [0.2, 0.25) is 5.02 Å². The third kappa shape index (κ3) is 5.78. The third-order valence-electron chi connectivity index (χ3n) is 5.05. The lowest BCUT2D eigenvalue weighted by atomic mass is 9.95. The van der Waals surface area contributed by atoms with Crippen LogP contribution in [0.25, 0.3) is 0 Å².